The van der Waals surface area contributed by atoms with Gasteiger partial charge in [0.2, 0.25) is 5.91 Å². The smallest absolute Gasteiger partial charge is 0.341 e. The highest BCUT2D eigenvalue weighted by molar-refractivity contribution is 6.01. The van der Waals surface area contributed by atoms with Gasteiger partial charge in [0.25, 0.3) is 0 Å². The molecule has 1 unspecified atom stereocenters. The van der Waals surface area contributed by atoms with Crippen LogP contribution in [-0.2, 0) is 4.79 Å². The molecule has 28 heavy (non-hydrogen) atoms. The van der Waals surface area contributed by atoms with Crippen LogP contribution < -0.4 is 4.90 Å². The van der Waals surface area contributed by atoms with E-state index in [9.17, 15) is 14.7 Å². The molecule has 1 aromatic heterocycles. The second kappa shape index (κ2) is 8.50. The molecule has 0 aliphatic heterocycles. The van der Waals surface area contributed by atoms with E-state index in [-0.39, 0.29) is 29.2 Å². The van der Waals surface area contributed by atoms with Crippen LogP contribution in [0, 0.1) is 17.8 Å². The van der Waals surface area contributed by atoms with Crippen molar-refractivity contribution in [3.05, 3.63) is 17.8 Å². The second-order valence-corrected chi connectivity index (χ2v) is 8.95. The molecule has 1 heterocycles. The average Bonchev–Trinajstić information content (AvgIpc) is 3.07. The summed E-state index contributed by atoms with van der Waals surface area (Å²) in [6.07, 6.45) is 10.5. The molecule has 1 fully saturated rings. The Morgan fingerprint density at radius 3 is 2.36 bits per heavy atom. The van der Waals surface area contributed by atoms with E-state index in [1.54, 1.807) is 15.8 Å². The molecule has 0 radical (unpaired) electrons. The largest absolute Gasteiger partial charge is 0.477 e. The maximum absolute atomic E-state index is 13.3. The lowest BCUT2D eigenvalue weighted by Gasteiger charge is -2.32. The summed E-state index contributed by atoms with van der Waals surface area (Å²) < 4.78 is 1.68. The van der Waals surface area contributed by atoms with Gasteiger partial charge in [0.15, 0.2) is 5.82 Å². The van der Waals surface area contributed by atoms with Crippen LogP contribution in [0.2, 0.25) is 0 Å². The first kappa shape index (κ1) is 20.6. The third kappa shape index (κ3) is 4.31. The Bertz CT molecular complexity index is 757. The van der Waals surface area contributed by atoms with Gasteiger partial charge in [-0.15, -0.1) is 5.10 Å². The number of rotatable bonds is 5. The minimum Gasteiger partial charge on any atom is -0.477 e. The van der Waals surface area contributed by atoms with Gasteiger partial charge in [0.1, 0.15) is 5.56 Å². The Morgan fingerprint density at radius 1 is 1.14 bits per heavy atom. The molecule has 2 aliphatic carbocycles. The minimum atomic E-state index is -1.04. The van der Waals surface area contributed by atoms with Gasteiger partial charge in [-0.1, -0.05) is 19.9 Å². The van der Waals surface area contributed by atoms with Gasteiger partial charge in [-0.2, -0.15) is 0 Å². The van der Waals surface area contributed by atoms with Gasteiger partial charge in [0, 0.05) is 23.9 Å². The number of carboxylic acids is 1. The van der Waals surface area contributed by atoms with E-state index in [0.29, 0.717) is 11.8 Å². The molecule has 2 aliphatic rings. The average molecular weight is 388 g/mol. The summed E-state index contributed by atoms with van der Waals surface area (Å²) in [7, 11) is 0. The van der Waals surface area contributed by atoms with Gasteiger partial charge in [0.05, 0.1) is 0 Å². The van der Waals surface area contributed by atoms with Crippen molar-refractivity contribution in [2.24, 2.45) is 17.8 Å². The van der Waals surface area contributed by atoms with Crippen LogP contribution in [0.15, 0.2) is 12.3 Å². The first-order chi connectivity index (χ1) is 13.3. The van der Waals surface area contributed by atoms with Crippen molar-refractivity contribution < 1.29 is 14.7 Å². The first-order valence-corrected chi connectivity index (χ1v) is 10.6. The van der Waals surface area contributed by atoms with Crippen molar-refractivity contribution in [1.29, 1.82) is 0 Å². The van der Waals surface area contributed by atoms with E-state index in [1.807, 2.05) is 13.8 Å². The fourth-order valence-electron chi connectivity index (χ4n) is 4.31. The van der Waals surface area contributed by atoms with E-state index >= 15 is 0 Å². The predicted octanol–water partition coefficient (Wildman–Crippen LogP) is 4.81. The lowest BCUT2D eigenvalue weighted by molar-refractivity contribution is -0.123. The quantitative estimate of drug-likeness (QED) is 0.787. The zero-order valence-corrected chi connectivity index (χ0v) is 17.5. The number of hydrogen-bond donors (Lipinski definition) is 1. The molecule has 1 atom stereocenters. The van der Waals surface area contributed by atoms with Gasteiger partial charge >= 0.3 is 5.97 Å². The summed E-state index contributed by atoms with van der Waals surface area (Å²) in [6.45, 7) is 8.30. The summed E-state index contributed by atoms with van der Waals surface area (Å²) in [5, 5.41) is 14.4. The third-order valence-corrected chi connectivity index (χ3v) is 6.22. The molecule has 154 valence electrons. The molecule has 3 rings (SSSR count). The molecule has 1 amide bonds. The fraction of sp³-hybridized carbons (Fsp3) is 0.682. The lowest BCUT2D eigenvalue weighted by atomic mass is 9.82. The van der Waals surface area contributed by atoms with Crippen LogP contribution >= 0.6 is 0 Å². The number of anilines is 1. The highest BCUT2D eigenvalue weighted by atomic mass is 16.4. The van der Waals surface area contributed by atoms with Crippen LogP contribution in [0.1, 0.15) is 83.0 Å². The molecule has 0 bridgehead atoms. The predicted molar refractivity (Wildman–Crippen MR) is 110 cm³/mol. The van der Waals surface area contributed by atoms with Gasteiger partial charge in [-0.25, -0.2) is 9.48 Å². The molecule has 0 saturated heterocycles. The molecule has 1 saturated carbocycles. The fourth-order valence-corrected chi connectivity index (χ4v) is 4.31. The Morgan fingerprint density at radius 2 is 1.82 bits per heavy atom. The summed E-state index contributed by atoms with van der Waals surface area (Å²) in [4.78, 5) is 26.9. The van der Waals surface area contributed by atoms with Crippen LogP contribution in [0.25, 0.3) is 5.70 Å². The maximum atomic E-state index is 13.3. The second-order valence-electron chi connectivity index (χ2n) is 8.95. The molecular formula is C22H33N3O3. The van der Waals surface area contributed by atoms with Gasteiger partial charge in [-0.05, 0) is 70.6 Å². The van der Waals surface area contributed by atoms with Crippen molar-refractivity contribution in [3.63, 3.8) is 0 Å². The third-order valence-electron chi connectivity index (χ3n) is 6.22. The lowest BCUT2D eigenvalue weighted by Crippen LogP contribution is -2.43. The Balaban J connectivity index is 1.93. The van der Waals surface area contributed by atoms with Crippen molar-refractivity contribution in [3.8, 4) is 0 Å². The van der Waals surface area contributed by atoms with Gasteiger partial charge < -0.3 is 5.11 Å². The molecule has 1 aromatic rings. The summed E-state index contributed by atoms with van der Waals surface area (Å²) >= 11 is 0. The zero-order valence-electron chi connectivity index (χ0n) is 17.5. The monoisotopic (exact) mass is 387 g/mol. The van der Waals surface area contributed by atoms with E-state index in [0.717, 1.165) is 50.6 Å². The maximum Gasteiger partial charge on any atom is 0.341 e. The minimum absolute atomic E-state index is 0.0147. The van der Waals surface area contributed by atoms with E-state index in [1.165, 1.54) is 0 Å². The number of carbonyl (C=O) groups is 2. The molecule has 1 N–H and O–H groups in total. The van der Waals surface area contributed by atoms with Crippen molar-refractivity contribution >= 4 is 23.4 Å². The molecule has 6 heteroatoms. The number of allylic oxidation sites excluding steroid dienone is 2. The van der Waals surface area contributed by atoms with E-state index in [2.05, 4.69) is 25.0 Å². The van der Waals surface area contributed by atoms with Crippen LogP contribution in [-0.4, -0.2) is 32.8 Å². The molecule has 0 spiro atoms. The molecule has 0 aromatic carbocycles. The summed E-state index contributed by atoms with van der Waals surface area (Å²) in [6, 6.07) is -0.145. The van der Waals surface area contributed by atoms with Crippen LogP contribution in [0.3, 0.4) is 0 Å². The number of carbonyl (C=O) groups excluding carboxylic acids is 1. The number of hydrogen-bond acceptors (Lipinski definition) is 3. The SMILES string of the molecule is CC1CC=C(n2cc(C(=O)O)c(N(C(=O)C3CCC(C)CC3)C(C)C)n2)CC1. The van der Waals surface area contributed by atoms with Gasteiger partial charge in [-0.3, -0.25) is 9.69 Å². The van der Waals surface area contributed by atoms with E-state index < -0.39 is 5.97 Å². The summed E-state index contributed by atoms with van der Waals surface area (Å²) in [5.74, 6) is 0.513. The number of amides is 1. The summed E-state index contributed by atoms with van der Waals surface area (Å²) in [5.41, 5.74) is 1.13. The van der Waals surface area contributed by atoms with Crippen molar-refractivity contribution in [2.75, 3.05) is 4.90 Å². The highest BCUT2D eigenvalue weighted by Gasteiger charge is 2.34. The first-order valence-electron chi connectivity index (χ1n) is 10.6. The van der Waals surface area contributed by atoms with Crippen LogP contribution in [0.4, 0.5) is 5.82 Å². The standard InChI is InChI=1S/C22H33N3O3/c1-14(2)25(21(26)17-9-5-15(3)6-10-17)20-19(22(27)28)13-24(23-20)18-11-7-16(4)8-12-18/h11,13-17H,5-10,12H2,1-4H3,(H,27,28). The molecular weight excluding hydrogens is 354 g/mol. The Labute approximate surface area is 167 Å². The topological polar surface area (TPSA) is 75.4 Å². The zero-order chi connectivity index (χ0) is 20.4. The number of aromatic nitrogens is 2. The molecule has 6 nitrogen and oxygen atoms in total. The van der Waals surface area contributed by atoms with Crippen molar-refractivity contribution in [1.82, 2.24) is 9.78 Å². The van der Waals surface area contributed by atoms with Crippen molar-refractivity contribution in [2.45, 2.75) is 78.7 Å². The number of nitrogens with zero attached hydrogens (tertiary/aromatic N) is 3. The van der Waals surface area contributed by atoms with Crippen LogP contribution in [0.5, 0.6) is 0 Å². The normalized spacial score (nSPS) is 25.5. The number of aromatic carboxylic acids is 1. The Kier molecular flexibility index (Phi) is 6.26. The highest BCUT2D eigenvalue weighted by Crippen LogP contribution is 2.33. The number of carboxylic acid groups (broad SMARTS) is 1. The van der Waals surface area contributed by atoms with E-state index in [4.69, 9.17) is 0 Å². The Hall–Kier alpha value is -2.11.